The molecule has 0 bridgehead atoms. The predicted octanol–water partition coefficient (Wildman–Crippen LogP) is 4.34. The van der Waals surface area contributed by atoms with E-state index in [1.54, 1.807) is 14.2 Å². The highest BCUT2D eigenvalue weighted by molar-refractivity contribution is 6.30. The molecule has 3 rings (SSSR count). The van der Waals surface area contributed by atoms with Crippen LogP contribution in [0.3, 0.4) is 0 Å². The Hall–Kier alpha value is -1.42. The molecule has 0 aliphatic heterocycles. The van der Waals surface area contributed by atoms with Crippen LogP contribution in [0.1, 0.15) is 22.3 Å². The van der Waals surface area contributed by atoms with Gasteiger partial charge in [0.15, 0.2) is 0 Å². The Morgan fingerprint density at radius 3 is 2.12 bits per heavy atom. The summed E-state index contributed by atoms with van der Waals surface area (Å²) in [6, 6.07) is 10.5. The van der Waals surface area contributed by atoms with E-state index in [4.69, 9.17) is 21.1 Å². The highest BCUT2D eigenvalue weighted by atomic mass is 35.5. The number of rotatable bonds is 5. The maximum absolute atomic E-state index is 6.14. The van der Waals surface area contributed by atoms with Gasteiger partial charge in [-0.05, 0) is 55.2 Å². The minimum Gasteiger partial charge on any atom is -0.496 e. The number of hydrogen-bond donors (Lipinski definition) is 1. The first kappa shape index (κ1) is 18.9. The molecular weight excluding hydrogens is 345 g/mol. The van der Waals surface area contributed by atoms with Crippen molar-refractivity contribution in [3.05, 3.63) is 57.6 Å². The molecule has 0 amide bonds. The van der Waals surface area contributed by atoms with Crippen molar-refractivity contribution in [2.24, 2.45) is 0 Å². The van der Waals surface area contributed by atoms with Crippen LogP contribution in [0.5, 0.6) is 11.5 Å². The third-order valence-corrected chi connectivity index (χ3v) is 4.60. The normalized spacial score (nSPS) is 13.3. The first-order valence-electron chi connectivity index (χ1n) is 7.83. The van der Waals surface area contributed by atoms with Crippen LogP contribution >= 0.6 is 24.0 Å². The molecule has 3 nitrogen and oxygen atoms in total. The number of ether oxygens (including phenoxy) is 2. The van der Waals surface area contributed by atoms with Gasteiger partial charge >= 0.3 is 0 Å². The van der Waals surface area contributed by atoms with Crippen molar-refractivity contribution >= 4 is 24.0 Å². The number of benzene rings is 2. The molecule has 0 spiro atoms. The van der Waals surface area contributed by atoms with Gasteiger partial charge in [-0.1, -0.05) is 17.7 Å². The van der Waals surface area contributed by atoms with Crippen molar-refractivity contribution in [1.82, 2.24) is 5.32 Å². The minimum atomic E-state index is 0. The lowest BCUT2D eigenvalue weighted by atomic mass is 10.1. The molecule has 0 heterocycles. The summed E-state index contributed by atoms with van der Waals surface area (Å²) < 4.78 is 11.0. The lowest BCUT2D eigenvalue weighted by Crippen LogP contribution is -2.29. The average Bonchev–Trinajstić information content (AvgIpc) is 2.95. The topological polar surface area (TPSA) is 30.5 Å². The molecule has 0 saturated carbocycles. The van der Waals surface area contributed by atoms with E-state index in [0.717, 1.165) is 35.9 Å². The van der Waals surface area contributed by atoms with Gasteiger partial charge in [0, 0.05) is 28.7 Å². The van der Waals surface area contributed by atoms with Crippen LogP contribution < -0.4 is 14.8 Å². The summed E-state index contributed by atoms with van der Waals surface area (Å²) in [5.41, 5.74) is 4.91. The lowest BCUT2D eigenvalue weighted by molar-refractivity contribution is 0.398. The Kier molecular flexibility index (Phi) is 6.39. The van der Waals surface area contributed by atoms with E-state index in [1.807, 2.05) is 24.3 Å². The van der Waals surface area contributed by atoms with Crippen LogP contribution in [0.4, 0.5) is 0 Å². The third kappa shape index (κ3) is 3.97. The molecule has 0 aromatic heterocycles. The lowest BCUT2D eigenvalue weighted by Gasteiger charge is -2.13. The van der Waals surface area contributed by atoms with E-state index in [9.17, 15) is 0 Å². The van der Waals surface area contributed by atoms with Crippen LogP contribution in [-0.4, -0.2) is 20.3 Å². The van der Waals surface area contributed by atoms with Crippen LogP contribution in [0.25, 0.3) is 0 Å². The average molecular weight is 368 g/mol. The first-order valence-corrected chi connectivity index (χ1v) is 8.20. The van der Waals surface area contributed by atoms with E-state index in [2.05, 4.69) is 18.3 Å². The molecule has 5 heteroatoms. The molecule has 24 heavy (non-hydrogen) atoms. The maximum atomic E-state index is 6.14. The van der Waals surface area contributed by atoms with Crippen molar-refractivity contribution < 1.29 is 9.47 Å². The first-order chi connectivity index (χ1) is 11.1. The number of halogens is 2. The van der Waals surface area contributed by atoms with Crippen molar-refractivity contribution in [3.8, 4) is 11.5 Å². The minimum absolute atomic E-state index is 0. The zero-order valence-corrected chi connectivity index (χ0v) is 15.8. The van der Waals surface area contributed by atoms with Crippen molar-refractivity contribution in [2.45, 2.75) is 32.4 Å². The van der Waals surface area contributed by atoms with Gasteiger partial charge in [0.05, 0.1) is 14.2 Å². The Morgan fingerprint density at radius 2 is 1.62 bits per heavy atom. The van der Waals surface area contributed by atoms with Crippen molar-refractivity contribution in [1.29, 1.82) is 0 Å². The number of hydrogen-bond acceptors (Lipinski definition) is 3. The van der Waals surface area contributed by atoms with Crippen LogP contribution in [0, 0.1) is 6.92 Å². The molecule has 0 unspecified atom stereocenters. The third-order valence-electron chi connectivity index (χ3n) is 4.38. The monoisotopic (exact) mass is 367 g/mol. The quantitative estimate of drug-likeness (QED) is 0.852. The summed E-state index contributed by atoms with van der Waals surface area (Å²) in [6.45, 7) is 2.88. The van der Waals surface area contributed by atoms with Gasteiger partial charge in [-0.3, -0.25) is 0 Å². The van der Waals surface area contributed by atoms with Crippen LogP contribution in [0.15, 0.2) is 30.3 Å². The second kappa shape index (κ2) is 8.11. The molecular formula is C19H23Cl2NO2. The van der Waals surface area contributed by atoms with Gasteiger partial charge in [-0.25, -0.2) is 0 Å². The highest BCUT2D eigenvalue weighted by Crippen LogP contribution is 2.37. The second-order valence-electron chi connectivity index (χ2n) is 6.05. The van der Waals surface area contributed by atoms with E-state index in [0.29, 0.717) is 6.04 Å². The van der Waals surface area contributed by atoms with Crippen molar-refractivity contribution in [2.75, 3.05) is 14.2 Å². The van der Waals surface area contributed by atoms with E-state index >= 15 is 0 Å². The number of nitrogens with one attached hydrogen (secondary N) is 1. The number of aryl methyl sites for hydroxylation is 1. The zero-order valence-electron chi connectivity index (χ0n) is 14.2. The predicted molar refractivity (Wildman–Crippen MR) is 101 cm³/mol. The van der Waals surface area contributed by atoms with Crippen LogP contribution in [0.2, 0.25) is 5.02 Å². The molecule has 0 saturated heterocycles. The van der Waals surface area contributed by atoms with Gasteiger partial charge in [0.25, 0.3) is 0 Å². The van der Waals surface area contributed by atoms with Crippen molar-refractivity contribution in [3.63, 3.8) is 0 Å². The van der Waals surface area contributed by atoms with Crippen LogP contribution in [-0.2, 0) is 19.4 Å². The Bertz CT molecular complexity index is 666. The summed E-state index contributed by atoms with van der Waals surface area (Å²) in [5.74, 6) is 1.90. The van der Waals surface area contributed by atoms with Gasteiger partial charge in [0.1, 0.15) is 11.5 Å². The van der Waals surface area contributed by atoms with Gasteiger partial charge in [-0.15, -0.1) is 12.4 Å². The smallest absolute Gasteiger partial charge is 0.122 e. The van der Waals surface area contributed by atoms with Gasteiger partial charge in [0.2, 0.25) is 0 Å². The van der Waals surface area contributed by atoms with E-state index in [-0.39, 0.29) is 12.4 Å². The molecule has 2 aromatic carbocycles. The maximum Gasteiger partial charge on any atom is 0.122 e. The standard InChI is InChI=1S/C19H22ClNO2.ClH/c1-12-6-13(8-14(20)7-12)11-21-15-9-16-17(10-15)19(23-3)5-4-18(16)22-2;/h4-8,15,21H,9-11H2,1-3H3;1H. The number of methoxy groups -OCH3 is 2. The van der Waals surface area contributed by atoms with Gasteiger partial charge in [-0.2, -0.15) is 0 Å². The molecule has 2 aromatic rings. The fourth-order valence-corrected chi connectivity index (χ4v) is 3.68. The van der Waals surface area contributed by atoms with E-state index < -0.39 is 0 Å². The molecule has 0 radical (unpaired) electrons. The summed E-state index contributed by atoms with van der Waals surface area (Å²) in [5, 5.41) is 4.42. The summed E-state index contributed by atoms with van der Waals surface area (Å²) in [7, 11) is 3.44. The summed E-state index contributed by atoms with van der Waals surface area (Å²) in [4.78, 5) is 0. The second-order valence-corrected chi connectivity index (χ2v) is 6.49. The summed E-state index contributed by atoms with van der Waals surface area (Å²) in [6.07, 6.45) is 1.91. The largest absolute Gasteiger partial charge is 0.496 e. The molecule has 1 aliphatic rings. The fraction of sp³-hybridized carbons (Fsp3) is 0.368. The van der Waals surface area contributed by atoms with Gasteiger partial charge < -0.3 is 14.8 Å². The molecule has 0 atom stereocenters. The Morgan fingerprint density at radius 1 is 1.04 bits per heavy atom. The fourth-order valence-electron chi connectivity index (χ4n) is 3.37. The molecule has 0 fully saturated rings. The number of fused-ring (bicyclic) bond motifs is 1. The molecule has 130 valence electrons. The van der Waals surface area contributed by atoms with E-state index in [1.165, 1.54) is 22.3 Å². The Balaban J connectivity index is 0.00000208. The Labute approximate surface area is 154 Å². The highest BCUT2D eigenvalue weighted by Gasteiger charge is 2.27. The summed E-state index contributed by atoms with van der Waals surface area (Å²) >= 11 is 6.14. The zero-order chi connectivity index (χ0) is 16.4. The molecule has 1 aliphatic carbocycles. The molecule has 1 N–H and O–H groups in total. The SMILES string of the molecule is COc1ccc(OC)c2c1CC(NCc1cc(C)cc(Cl)c1)C2.Cl.